The van der Waals surface area contributed by atoms with Gasteiger partial charge in [0.15, 0.2) is 15.2 Å². The first-order chi connectivity index (χ1) is 27.9. The molecule has 0 bridgehead atoms. The van der Waals surface area contributed by atoms with Crippen LogP contribution >= 0.6 is 0 Å². The quantitative estimate of drug-likeness (QED) is 0.0784. The number of hydrogen-bond donors (Lipinski definition) is 1. The maximum Gasteiger partial charge on any atom is 0.416 e. The molecule has 312 valence electrons. The summed E-state index contributed by atoms with van der Waals surface area (Å²) < 4.78 is 172. The van der Waals surface area contributed by atoms with Crippen molar-refractivity contribution in [3.63, 3.8) is 0 Å². The van der Waals surface area contributed by atoms with Crippen molar-refractivity contribution >= 4 is 37.9 Å². The van der Waals surface area contributed by atoms with Crippen molar-refractivity contribution in [3.05, 3.63) is 185 Å². The van der Waals surface area contributed by atoms with Gasteiger partial charge in [0.25, 0.3) is 0 Å². The SMILES string of the molecule is C[S+](=O)(C#Cc1ccccc1)Cc1ccc(O)cc1.FC(F)(F)c1ccc([B-](c2ccc(C(F)(F)F)cc2)(c2ccc(C(F)(F)F)cc2)c2ccc(C(F)(F)F)cc2)cc1. The Balaban J connectivity index is 0.000000299. The first-order valence-electron chi connectivity index (χ1n) is 17.6. The summed E-state index contributed by atoms with van der Waals surface area (Å²) in [4.78, 5) is 0. The number of hydrogen-bond acceptors (Lipinski definition) is 2. The maximum atomic E-state index is 13.3. The van der Waals surface area contributed by atoms with Crippen molar-refractivity contribution in [1.82, 2.24) is 0 Å². The van der Waals surface area contributed by atoms with E-state index in [0.29, 0.717) is 54.3 Å². The van der Waals surface area contributed by atoms with Gasteiger partial charge in [-0.1, -0.05) is 132 Å². The van der Waals surface area contributed by atoms with Crippen molar-refractivity contribution in [1.29, 1.82) is 0 Å². The fourth-order valence-electron chi connectivity index (χ4n) is 6.63. The van der Waals surface area contributed by atoms with Crippen LogP contribution in [0.1, 0.15) is 33.4 Å². The Hall–Kier alpha value is -5.95. The molecule has 16 heteroatoms. The molecule has 6 rings (SSSR count). The average Bonchev–Trinajstić information content (AvgIpc) is 3.18. The summed E-state index contributed by atoms with van der Waals surface area (Å²) in [6, 6.07) is 29.8. The van der Waals surface area contributed by atoms with Gasteiger partial charge in [-0.2, -0.15) is 74.5 Å². The molecule has 0 aromatic heterocycles. The molecule has 1 unspecified atom stereocenters. The van der Waals surface area contributed by atoms with Gasteiger partial charge in [0.2, 0.25) is 0 Å². The topological polar surface area (TPSA) is 37.3 Å². The van der Waals surface area contributed by atoms with Gasteiger partial charge in [0.1, 0.15) is 23.9 Å². The molecule has 1 N–H and O–H groups in total. The molecule has 0 amide bonds. The van der Waals surface area contributed by atoms with Crippen LogP contribution in [-0.2, 0) is 44.6 Å². The van der Waals surface area contributed by atoms with Crippen LogP contribution in [0.3, 0.4) is 0 Å². The highest BCUT2D eigenvalue weighted by molar-refractivity contribution is 8.05. The number of aromatic hydroxyl groups is 1. The van der Waals surface area contributed by atoms with Crippen molar-refractivity contribution in [2.45, 2.75) is 30.5 Å². The van der Waals surface area contributed by atoms with Crippen LogP contribution in [0.4, 0.5) is 52.7 Å². The smallest absolute Gasteiger partial charge is 0.416 e. The van der Waals surface area contributed by atoms with Gasteiger partial charge in [-0.3, -0.25) is 0 Å². The second-order valence-electron chi connectivity index (χ2n) is 13.8. The van der Waals surface area contributed by atoms with Crippen LogP contribution in [0, 0.1) is 11.2 Å². The molecule has 0 saturated carbocycles. The summed E-state index contributed by atoms with van der Waals surface area (Å²) in [5, 5.41) is 12.1. The zero-order chi connectivity index (χ0) is 44.1. The predicted molar refractivity (Wildman–Crippen MR) is 209 cm³/mol. The molecule has 1 atom stereocenters. The number of rotatable bonds is 6. The van der Waals surface area contributed by atoms with E-state index in [-0.39, 0.29) is 27.6 Å². The molecular formula is C44H31BF12O2S. The average molecular weight is 863 g/mol. The normalized spacial score (nSPS) is 13.3. The Labute approximate surface area is 337 Å². The maximum absolute atomic E-state index is 13.3. The molecule has 6 aromatic carbocycles. The predicted octanol–water partition coefficient (Wildman–Crippen LogP) is 10.2. The minimum absolute atomic E-state index is 0.0114. The van der Waals surface area contributed by atoms with E-state index in [4.69, 9.17) is 0 Å². The van der Waals surface area contributed by atoms with Crippen LogP contribution in [-0.4, -0.2) is 17.5 Å². The van der Waals surface area contributed by atoms with Crippen molar-refractivity contribution < 1.29 is 62.0 Å². The summed E-state index contributed by atoms with van der Waals surface area (Å²) in [5.74, 6) is 3.55. The summed E-state index contributed by atoms with van der Waals surface area (Å²) in [5.41, 5.74) is -2.52. The van der Waals surface area contributed by atoms with Gasteiger partial charge < -0.3 is 5.11 Å². The lowest BCUT2D eigenvalue weighted by atomic mass is 9.13. The molecule has 0 radical (unpaired) electrons. The Morgan fingerprint density at radius 2 is 0.767 bits per heavy atom. The van der Waals surface area contributed by atoms with Gasteiger partial charge in [0, 0.05) is 11.1 Å². The van der Waals surface area contributed by atoms with E-state index in [9.17, 15) is 62.0 Å². The molecule has 60 heavy (non-hydrogen) atoms. The molecule has 0 aliphatic carbocycles. The van der Waals surface area contributed by atoms with E-state index < -0.39 is 63.0 Å². The number of phenolic OH excluding ortho intramolecular Hbond substituents is 1. The Bertz CT molecular complexity index is 2230. The second-order valence-corrected chi connectivity index (χ2v) is 16.3. The minimum atomic E-state index is -4.77. The standard InChI is InChI=1S/C28H16BF12.C16H14O2S/c30-25(31,32)17-1-9-21(10-2-17)29(22-11-3-18(4-12-22)26(33,34)35,23-13-5-19(6-14-23)27(36,37)38)24-15-7-20(8-16-24)28(39,40)41;1-19(18,12-11-14-5-3-2-4-6-14)13-15-7-9-16(17)10-8-15/h1-16H;2-10H,13H2,1H3/q-1;/p+1. The van der Waals surface area contributed by atoms with Gasteiger partial charge in [0.05, 0.1) is 22.3 Å². The van der Waals surface area contributed by atoms with Crippen LogP contribution in [0.25, 0.3) is 0 Å². The first-order valence-corrected chi connectivity index (χ1v) is 19.7. The molecule has 0 spiro atoms. The van der Waals surface area contributed by atoms with Crippen LogP contribution < -0.4 is 21.9 Å². The molecule has 0 saturated heterocycles. The van der Waals surface area contributed by atoms with E-state index in [1.807, 2.05) is 30.3 Å². The highest BCUT2D eigenvalue weighted by Gasteiger charge is 2.38. The highest BCUT2D eigenvalue weighted by atomic mass is 32.2. The van der Waals surface area contributed by atoms with E-state index >= 15 is 0 Å². The molecule has 0 fully saturated rings. The Morgan fingerprint density at radius 1 is 0.467 bits per heavy atom. The second kappa shape index (κ2) is 17.3. The van der Waals surface area contributed by atoms with E-state index in [0.717, 1.165) is 59.7 Å². The molecule has 6 aromatic rings. The lowest BCUT2D eigenvalue weighted by molar-refractivity contribution is -0.138. The molecule has 0 heterocycles. The number of benzene rings is 6. The van der Waals surface area contributed by atoms with Crippen LogP contribution in [0.2, 0.25) is 0 Å². The molecular weight excluding hydrogens is 831 g/mol. The van der Waals surface area contributed by atoms with E-state index in [1.165, 1.54) is 0 Å². The van der Waals surface area contributed by atoms with Crippen molar-refractivity contribution in [2.24, 2.45) is 0 Å². The van der Waals surface area contributed by atoms with E-state index in [1.54, 1.807) is 30.5 Å². The third kappa shape index (κ3) is 11.0. The van der Waals surface area contributed by atoms with E-state index in [2.05, 4.69) is 11.2 Å². The minimum Gasteiger partial charge on any atom is -0.508 e. The first kappa shape index (κ1) is 45.1. The summed E-state index contributed by atoms with van der Waals surface area (Å²) in [6.45, 7) is 0. The highest BCUT2D eigenvalue weighted by Crippen LogP contribution is 2.32. The zero-order valence-corrected chi connectivity index (χ0v) is 31.8. The summed E-state index contributed by atoms with van der Waals surface area (Å²) in [7, 11) is -2.24. The van der Waals surface area contributed by atoms with Gasteiger partial charge in [-0.05, 0) is 30.2 Å². The Morgan fingerprint density at radius 3 is 1.05 bits per heavy atom. The third-order valence-electron chi connectivity index (χ3n) is 9.52. The largest absolute Gasteiger partial charge is 0.508 e. The number of alkyl halides is 12. The number of halogens is 12. The fraction of sp³-hybridized carbons (Fsp3) is 0.136. The van der Waals surface area contributed by atoms with Crippen molar-refractivity contribution in [2.75, 3.05) is 6.26 Å². The van der Waals surface area contributed by atoms with Gasteiger partial charge in [-0.25, -0.2) is 0 Å². The molecule has 0 aliphatic rings. The molecule has 0 aliphatic heterocycles. The zero-order valence-electron chi connectivity index (χ0n) is 31.0. The monoisotopic (exact) mass is 862 g/mol. The van der Waals surface area contributed by atoms with Gasteiger partial charge in [-0.15, -0.1) is 0 Å². The fourth-order valence-corrected chi connectivity index (χ4v) is 7.87. The number of phenols is 1. The summed E-state index contributed by atoms with van der Waals surface area (Å²) >= 11 is 0. The van der Waals surface area contributed by atoms with Gasteiger partial charge >= 0.3 is 24.7 Å². The van der Waals surface area contributed by atoms with Crippen molar-refractivity contribution in [3.8, 4) is 16.9 Å². The lowest BCUT2D eigenvalue weighted by Gasteiger charge is -2.44. The molecule has 2 nitrogen and oxygen atoms in total. The van der Waals surface area contributed by atoms with Crippen LogP contribution in [0.5, 0.6) is 5.75 Å². The summed E-state index contributed by atoms with van der Waals surface area (Å²) in [6.07, 6.45) is -20.3. The lowest BCUT2D eigenvalue weighted by Crippen LogP contribution is -2.74. The Kier molecular flexibility index (Phi) is 13.0. The van der Waals surface area contributed by atoms with Crippen LogP contribution in [0.15, 0.2) is 152 Å². The third-order valence-corrected chi connectivity index (χ3v) is 10.9.